The number of furan rings is 1. The SMILES string of the molecule is Cc1oc2ncn([C@@H](C)C(=O)Nc3ccc4c(c3)OCCO4)c(=O)c2c1C. The number of rotatable bonds is 3. The third kappa shape index (κ3) is 2.92. The number of nitrogens with zero attached hydrogens (tertiary/aromatic N) is 2. The summed E-state index contributed by atoms with van der Waals surface area (Å²) in [6.45, 7) is 6.18. The van der Waals surface area contributed by atoms with Crippen molar-refractivity contribution >= 4 is 22.7 Å². The molecule has 1 aromatic carbocycles. The van der Waals surface area contributed by atoms with E-state index in [1.54, 1.807) is 39.0 Å². The van der Waals surface area contributed by atoms with Crippen LogP contribution >= 0.6 is 0 Å². The summed E-state index contributed by atoms with van der Waals surface area (Å²) in [5.41, 5.74) is 1.27. The molecule has 4 rings (SSSR count). The summed E-state index contributed by atoms with van der Waals surface area (Å²) in [6, 6.07) is 4.42. The van der Waals surface area contributed by atoms with Gasteiger partial charge in [0.2, 0.25) is 11.6 Å². The first kappa shape index (κ1) is 17.1. The molecule has 0 radical (unpaired) electrons. The normalized spacial score (nSPS) is 14.2. The van der Waals surface area contributed by atoms with Crippen LogP contribution in [0.3, 0.4) is 0 Å². The van der Waals surface area contributed by atoms with Gasteiger partial charge in [-0.2, -0.15) is 0 Å². The number of nitrogens with one attached hydrogen (secondary N) is 1. The van der Waals surface area contributed by atoms with E-state index in [1.807, 2.05) is 0 Å². The van der Waals surface area contributed by atoms with Crippen LogP contribution in [0.5, 0.6) is 11.5 Å². The van der Waals surface area contributed by atoms with Crippen molar-refractivity contribution in [2.75, 3.05) is 18.5 Å². The van der Waals surface area contributed by atoms with Crippen LogP contribution in [0.1, 0.15) is 24.3 Å². The first-order valence-corrected chi connectivity index (χ1v) is 8.63. The van der Waals surface area contributed by atoms with E-state index in [2.05, 4.69) is 10.3 Å². The van der Waals surface area contributed by atoms with E-state index in [9.17, 15) is 9.59 Å². The van der Waals surface area contributed by atoms with Gasteiger partial charge in [0.05, 0.1) is 0 Å². The molecule has 1 N–H and O–H groups in total. The average molecular weight is 369 g/mol. The van der Waals surface area contributed by atoms with Gasteiger partial charge in [-0.1, -0.05) is 0 Å². The second kappa shape index (κ2) is 6.46. The molecular formula is C19H19N3O5. The fourth-order valence-corrected chi connectivity index (χ4v) is 3.02. The van der Waals surface area contributed by atoms with E-state index >= 15 is 0 Å². The van der Waals surface area contributed by atoms with E-state index < -0.39 is 6.04 Å². The molecule has 0 fully saturated rings. The molecule has 0 spiro atoms. The topological polar surface area (TPSA) is 95.6 Å². The second-order valence-electron chi connectivity index (χ2n) is 6.44. The van der Waals surface area contributed by atoms with Gasteiger partial charge in [-0.15, -0.1) is 0 Å². The Bertz CT molecular complexity index is 1100. The zero-order valence-electron chi connectivity index (χ0n) is 15.2. The van der Waals surface area contributed by atoms with Crippen LogP contribution in [-0.2, 0) is 4.79 Å². The van der Waals surface area contributed by atoms with Gasteiger partial charge in [0.15, 0.2) is 11.5 Å². The number of fused-ring (bicyclic) bond motifs is 2. The fraction of sp³-hybridized carbons (Fsp3) is 0.316. The third-order valence-corrected chi connectivity index (χ3v) is 4.72. The van der Waals surface area contributed by atoms with Crippen molar-refractivity contribution < 1.29 is 18.7 Å². The molecule has 0 bridgehead atoms. The second-order valence-corrected chi connectivity index (χ2v) is 6.44. The summed E-state index contributed by atoms with van der Waals surface area (Å²) in [5, 5.41) is 3.20. The number of hydrogen-bond acceptors (Lipinski definition) is 6. The monoisotopic (exact) mass is 369 g/mol. The predicted molar refractivity (Wildman–Crippen MR) is 98.5 cm³/mol. The molecule has 8 nitrogen and oxygen atoms in total. The Morgan fingerprint density at radius 2 is 1.96 bits per heavy atom. The number of hydrogen-bond donors (Lipinski definition) is 1. The molecule has 1 amide bonds. The van der Waals surface area contributed by atoms with Crippen LogP contribution in [0, 0.1) is 13.8 Å². The van der Waals surface area contributed by atoms with Crippen molar-refractivity contribution in [3.8, 4) is 11.5 Å². The molecule has 3 heterocycles. The maximum atomic E-state index is 12.8. The van der Waals surface area contributed by atoms with Gasteiger partial charge in [0, 0.05) is 17.3 Å². The molecular weight excluding hydrogens is 350 g/mol. The molecule has 1 aliphatic heterocycles. The zero-order chi connectivity index (χ0) is 19.1. The summed E-state index contributed by atoms with van der Waals surface area (Å²) in [4.78, 5) is 29.6. The van der Waals surface area contributed by atoms with Crippen molar-refractivity contribution in [3.63, 3.8) is 0 Å². The number of carbonyl (C=O) groups excluding carboxylic acids is 1. The molecule has 27 heavy (non-hydrogen) atoms. The van der Waals surface area contributed by atoms with E-state index in [1.165, 1.54) is 10.9 Å². The van der Waals surface area contributed by atoms with Crippen molar-refractivity contribution in [3.05, 3.63) is 46.2 Å². The highest BCUT2D eigenvalue weighted by Crippen LogP contribution is 2.32. The van der Waals surface area contributed by atoms with E-state index in [0.717, 1.165) is 5.56 Å². The molecule has 0 saturated carbocycles. The number of ether oxygens (including phenoxy) is 2. The van der Waals surface area contributed by atoms with Crippen molar-refractivity contribution in [1.29, 1.82) is 0 Å². The summed E-state index contributed by atoms with van der Waals surface area (Å²) >= 11 is 0. The Hall–Kier alpha value is -3.29. The Morgan fingerprint density at radius 3 is 2.74 bits per heavy atom. The largest absolute Gasteiger partial charge is 0.486 e. The van der Waals surface area contributed by atoms with E-state index in [-0.39, 0.29) is 17.2 Å². The minimum atomic E-state index is -0.753. The summed E-state index contributed by atoms with van der Waals surface area (Å²) < 4.78 is 17.8. The zero-order valence-corrected chi connectivity index (χ0v) is 15.2. The average Bonchev–Trinajstić information content (AvgIpc) is 2.96. The first-order chi connectivity index (χ1) is 13.0. The van der Waals surface area contributed by atoms with Gasteiger partial charge >= 0.3 is 0 Å². The van der Waals surface area contributed by atoms with Gasteiger partial charge in [-0.05, 0) is 32.9 Å². The molecule has 8 heteroatoms. The van der Waals surface area contributed by atoms with Crippen LogP contribution in [0.2, 0.25) is 0 Å². The highest BCUT2D eigenvalue weighted by molar-refractivity contribution is 5.94. The van der Waals surface area contributed by atoms with Crippen LogP contribution in [-0.4, -0.2) is 28.7 Å². The van der Waals surface area contributed by atoms with Crippen molar-refractivity contribution in [2.24, 2.45) is 0 Å². The fourth-order valence-electron chi connectivity index (χ4n) is 3.02. The summed E-state index contributed by atoms with van der Waals surface area (Å²) in [6.07, 6.45) is 1.33. The molecule has 0 saturated heterocycles. The lowest BCUT2D eigenvalue weighted by Gasteiger charge is -2.20. The number of anilines is 1. The van der Waals surface area contributed by atoms with Crippen LogP contribution in [0.15, 0.2) is 33.7 Å². The Morgan fingerprint density at radius 1 is 1.22 bits per heavy atom. The van der Waals surface area contributed by atoms with Gasteiger partial charge in [0.25, 0.3) is 5.56 Å². The molecule has 140 valence electrons. The number of aromatic nitrogens is 2. The number of benzene rings is 1. The number of aryl methyl sites for hydroxylation is 2. The highest BCUT2D eigenvalue weighted by Gasteiger charge is 2.21. The predicted octanol–water partition coefficient (Wildman–Crippen LogP) is 2.58. The quantitative estimate of drug-likeness (QED) is 0.762. The Labute approximate surface area is 154 Å². The first-order valence-electron chi connectivity index (χ1n) is 8.63. The Kier molecular flexibility index (Phi) is 4.10. The van der Waals surface area contributed by atoms with Gasteiger partial charge < -0.3 is 19.2 Å². The smallest absolute Gasteiger partial charge is 0.265 e. The van der Waals surface area contributed by atoms with E-state index in [4.69, 9.17) is 13.9 Å². The molecule has 2 aromatic heterocycles. The van der Waals surface area contributed by atoms with Crippen molar-refractivity contribution in [2.45, 2.75) is 26.8 Å². The maximum absolute atomic E-state index is 12.8. The minimum absolute atomic E-state index is 0.283. The van der Waals surface area contributed by atoms with Gasteiger partial charge in [-0.25, -0.2) is 4.98 Å². The molecule has 3 aromatic rings. The lowest BCUT2D eigenvalue weighted by atomic mass is 10.2. The highest BCUT2D eigenvalue weighted by atomic mass is 16.6. The molecule has 0 unspecified atom stereocenters. The minimum Gasteiger partial charge on any atom is -0.486 e. The van der Waals surface area contributed by atoms with Crippen LogP contribution < -0.4 is 20.3 Å². The third-order valence-electron chi connectivity index (χ3n) is 4.72. The van der Waals surface area contributed by atoms with Crippen molar-refractivity contribution in [1.82, 2.24) is 9.55 Å². The van der Waals surface area contributed by atoms with Gasteiger partial charge in [0.1, 0.15) is 36.7 Å². The molecule has 0 aliphatic carbocycles. The summed E-state index contributed by atoms with van der Waals surface area (Å²) in [5.74, 6) is 1.52. The maximum Gasteiger partial charge on any atom is 0.265 e. The molecule has 1 atom stereocenters. The van der Waals surface area contributed by atoms with Crippen LogP contribution in [0.4, 0.5) is 5.69 Å². The summed E-state index contributed by atoms with van der Waals surface area (Å²) in [7, 11) is 0. The number of carbonyl (C=O) groups is 1. The Balaban J connectivity index is 1.61. The number of amides is 1. The van der Waals surface area contributed by atoms with E-state index in [0.29, 0.717) is 41.5 Å². The lowest BCUT2D eigenvalue weighted by Crippen LogP contribution is -2.31. The van der Waals surface area contributed by atoms with Gasteiger partial charge in [-0.3, -0.25) is 14.2 Å². The molecule has 1 aliphatic rings. The van der Waals surface area contributed by atoms with Crippen LogP contribution in [0.25, 0.3) is 11.1 Å². The lowest BCUT2D eigenvalue weighted by molar-refractivity contribution is -0.118. The standard InChI is InChI=1S/C19H19N3O5/c1-10-12(3)27-18-16(10)19(24)22(9-20-18)11(2)17(23)21-13-4-5-14-15(8-13)26-7-6-25-14/h4-5,8-9,11H,6-7H2,1-3H3,(H,21,23)/t11-/m0/s1.